The quantitative estimate of drug-likeness (QED) is 0.795. The van der Waals surface area contributed by atoms with Crippen molar-refractivity contribution in [1.29, 1.82) is 0 Å². The first-order valence-electron chi connectivity index (χ1n) is 8.52. The molecule has 0 saturated carbocycles. The summed E-state index contributed by atoms with van der Waals surface area (Å²) >= 11 is 0. The molecule has 1 aliphatic heterocycles. The molecule has 0 radical (unpaired) electrons. The zero-order chi connectivity index (χ0) is 17.6. The molecule has 0 bridgehead atoms. The Labute approximate surface area is 147 Å². The average Bonchev–Trinajstić information content (AvgIpc) is 3.10. The van der Waals surface area contributed by atoms with Crippen LogP contribution >= 0.6 is 0 Å². The maximum atomic E-state index is 11.5. The van der Waals surface area contributed by atoms with E-state index in [0.717, 1.165) is 36.3 Å². The summed E-state index contributed by atoms with van der Waals surface area (Å²) in [7, 11) is 0. The number of anilines is 1. The van der Waals surface area contributed by atoms with Gasteiger partial charge in [-0.05, 0) is 18.9 Å². The van der Waals surface area contributed by atoms with Crippen molar-refractivity contribution in [3.63, 3.8) is 0 Å². The highest BCUT2D eigenvalue weighted by atomic mass is 16.1. The SMILES string of the molecule is C=Cn1cc(CNCc2cccnc2N2CCC[C@@H](C(N)=O)C2)cn1. The smallest absolute Gasteiger partial charge is 0.222 e. The molecular formula is C18H24N6O. The highest BCUT2D eigenvalue weighted by Gasteiger charge is 2.25. The van der Waals surface area contributed by atoms with E-state index in [2.05, 4.69) is 32.9 Å². The zero-order valence-electron chi connectivity index (χ0n) is 14.3. The molecule has 3 heterocycles. The molecule has 3 rings (SSSR count). The van der Waals surface area contributed by atoms with Crippen molar-refractivity contribution in [3.8, 4) is 0 Å². The number of aromatic nitrogens is 3. The van der Waals surface area contributed by atoms with Crippen LogP contribution in [0.15, 0.2) is 37.3 Å². The number of nitrogens with zero attached hydrogens (tertiary/aromatic N) is 4. The van der Waals surface area contributed by atoms with Gasteiger partial charge in [-0.1, -0.05) is 12.6 Å². The summed E-state index contributed by atoms with van der Waals surface area (Å²) in [6.45, 7) is 6.64. The summed E-state index contributed by atoms with van der Waals surface area (Å²) in [5, 5.41) is 7.59. The lowest BCUT2D eigenvalue weighted by Crippen LogP contribution is -2.42. The summed E-state index contributed by atoms with van der Waals surface area (Å²) in [5.41, 5.74) is 7.70. The van der Waals surface area contributed by atoms with Crippen LogP contribution in [0, 0.1) is 5.92 Å². The number of pyridine rings is 1. The second-order valence-electron chi connectivity index (χ2n) is 6.29. The number of piperidine rings is 1. The van der Waals surface area contributed by atoms with Gasteiger partial charge in [-0.15, -0.1) is 0 Å². The second kappa shape index (κ2) is 7.94. The predicted molar refractivity (Wildman–Crippen MR) is 97.5 cm³/mol. The normalized spacial score (nSPS) is 17.4. The molecule has 1 amide bonds. The summed E-state index contributed by atoms with van der Waals surface area (Å²) < 4.78 is 1.68. The van der Waals surface area contributed by atoms with Gasteiger partial charge >= 0.3 is 0 Å². The van der Waals surface area contributed by atoms with E-state index < -0.39 is 0 Å². The fourth-order valence-corrected chi connectivity index (χ4v) is 3.16. The highest BCUT2D eigenvalue weighted by molar-refractivity contribution is 5.77. The van der Waals surface area contributed by atoms with Gasteiger partial charge in [-0.2, -0.15) is 5.10 Å². The number of primary amides is 1. The van der Waals surface area contributed by atoms with E-state index in [4.69, 9.17) is 5.73 Å². The number of nitrogens with two attached hydrogens (primary N) is 1. The minimum absolute atomic E-state index is 0.0960. The minimum atomic E-state index is -0.223. The molecule has 1 aliphatic rings. The van der Waals surface area contributed by atoms with Gasteiger partial charge in [0, 0.05) is 55.9 Å². The molecule has 1 atom stereocenters. The van der Waals surface area contributed by atoms with Gasteiger partial charge in [0.1, 0.15) is 5.82 Å². The number of hydrogen-bond donors (Lipinski definition) is 2. The number of hydrogen-bond acceptors (Lipinski definition) is 5. The standard InChI is InChI=1S/C18H24N6O/c1-2-24-12-14(10-22-24)9-20-11-15-5-3-7-21-18(15)23-8-4-6-16(13-23)17(19)25/h2-3,5,7,10,12,16,20H,1,4,6,8-9,11,13H2,(H2,19,25)/t16-/m1/s1. The summed E-state index contributed by atoms with van der Waals surface area (Å²) in [6.07, 6.45) is 9.03. The number of carbonyl (C=O) groups excluding carboxylic acids is 1. The largest absolute Gasteiger partial charge is 0.369 e. The molecule has 0 aliphatic carbocycles. The first-order valence-corrected chi connectivity index (χ1v) is 8.52. The Morgan fingerprint density at radius 2 is 2.36 bits per heavy atom. The van der Waals surface area contributed by atoms with Crippen LogP contribution in [0.4, 0.5) is 5.82 Å². The van der Waals surface area contributed by atoms with Crippen LogP contribution in [0.2, 0.25) is 0 Å². The third-order valence-corrected chi connectivity index (χ3v) is 4.48. The Hall–Kier alpha value is -2.67. The van der Waals surface area contributed by atoms with Crippen LogP contribution in [0.1, 0.15) is 24.0 Å². The number of nitrogens with one attached hydrogen (secondary N) is 1. The lowest BCUT2D eigenvalue weighted by atomic mass is 9.97. The molecule has 2 aromatic heterocycles. The molecule has 7 heteroatoms. The van der Waals surface area contributed by atoms with E-state index in [1.807, 2.05) is 18.5 Å². The van der Waals surface area contributed by atoms with Gasteiger partial charge in [0.25, 0.3) is 0 Å². The van der Waals surface area contributed by atoms with Crippen molar-refractivity contribution < 1.29 is 4.79 Å². The Bertz CT molecular complexity index is 741. The fraction of sp³-hybridized carbons (Fsp3) is 0.389. The Morgan fingerprint density at radius 1 is 1.48 bits per heavy atom. The van der Waals surface area contributed by atoms with Gasteiger partial charge in [-0.3, -0.25) is 4.79 Å². The van der Waals surface area contributed by atoms with E-state index in [-0.39, 0.29) is 11.8 Å². The van der Waals surface area contributed by atoms with Crippen molar-refractivity contribution in [2.45, 2.75) is 25.9 Å². The molecule has 7 nitrogen and oxygen atoms in total. The highest BCUT2D eigenvalue weighted by Crippen LogP contribution is 2.24. The topological polar surface area (TPSA) is 89.1 Å². The molecule has 2 aromatic rings. The average molecular weight is 340 g/mol. The molecule has 132 valence electrons. The third-order valence-electron chi connectivity index (χ3n) is 4.48. The Balaban J connectivity index is 1.64. The van der Waals surface area contributed by atoms with Gasteiger partial charge in [-0.25, -0.2) is 9.67 Å². The minimum Gasteiger partial charge on any atom is -0.369 e. The van der Waals surface area contributed by atoms with E-state index in [1.54, 1.807) is 17.1 Å². The van der Waals surface area contributed by atoms with Gasteiger partial charge in [0.15, 0.2) is 0 Å². The van der Waals surface area contributed by atoms with Crippen molar-refractivity contribution in [1.82, 2.24) is 20.1 Å². The van der Waals surface area contributed by atoms with Crippen molar-refractivity contribution in [3.05, 3.63) is 48.4 Å². The van der Waals surface area contributed by atoms with E-state index in [0.29, 0.717) is 19.6 Å². The monoisotopic (exact) mass is 340 g/mol. The second-order valence-corrected chi connectivity index (χ2v) is 6.29. The maximum absolute atomic E-state index is 11.5. The van der Waals surface area contributed by atoms with Crippen LogP contribution in [-0.2, 0) is 17.9 Å². The van der Waals surface area contributed by atoms with Crippen LogP contribution in [0.3, 0.4) is 0 Å². The van der Waals surface area contributed by atoms with Crippen molar-refractivity contribution >= 4 is 17.9 Å². The van der Waals surface area contributed by atoms with E-state index >= 15 is 0 Å². The van der Waals surface area contributed by atoms with Crippen molar-refractivity contribution in [2.24, 2.45) is 11.7 Å². The van der Waals surface area contributed by atoms with Crippen LogP contribution in [-0.4, -0.2) is 33.8 Å². The first-order chi connectivity index (χ1) is 12.2. The molecule has 0 unspecified atom stereocenters. The van der Waals surface area contributed by atoms with Crippen LogP contribution < -0.4 is 16.0 Å². The van der Waals surface area contributed by atoms with Gasteiger partial charge in [0.2, 0.25) is 5.91 Å². The summed E-state index contributed by atoms with van der Waals surface area (Å²) in [6, 6.07) is 4.00. The Kier molecular flexibility index (Phi) is 5.45. The van der Waals surface area contributed by atoms with Gasteiger partial charge in [0.05, 0.1) is 12.1 Å². The van der Waals surface area contributed by atoms with Gasteiger partial charge < -0.3 is 16.0 Å². The van der Waals surface area contributed by atoms with E-state index in [1.165, 1.54) is 0 Å². The first kappa shape index (κ1) is 17.2. The Morgan fingerprint density at radius 3 is 3.12 bits per heavy atom. The maximum Gasteiger partial charge on any atom is 0.222 e. The molecule has 1 saturated heterocycles. The molecular weight excluding hydrogens is 316 g/mol. The molecule has 0 aromatic carbocycles. The van der Waals surface area contributed by atoms with Crippen LogP contribution in [0.5, 0.6) is 0 Å². The summed E-state index contributed by atoms with van der Waals surface area (Å²) in [5.74, 6) is 0.614. The van der Waals surface area contributed by atoms with Crippen LogP contribution in [0.25, 0.3) is 6.20 Å². The number of amides is 1. The lowest BCUT2D eigenvalue weighted by Gasteiger charge is -2.33. The predicted octanol–water partition coefficient (Wildman–Crippen LogP) is 1.37. The van der Waals surface area contributed by atoms with Crippen molar-refractivity contribution in [2.75, 3.05) is 18.0 Å². The summed E-state index contributed by atoms with van der Waals surface area (Å²) in [4.78, 5) is 18.2. The molecule has 1 fully saturated rings. The fourth-order valence-electron chi connectivity index (χ4n) is 3.16. The molecule has 3 N–H and O–H groups in total. The molecule has 0 spiro atoms. The lowest BCUT2D eigenvalue weighted by molar-refractivity contribution is -0.122. The zero-order valence-corrected chi connectivity index (χ0v) is 14.3. The number of carbonyl (C=O) groups is 1. The molecule has 25 heavy (non-hydrogen) atoms. The third kappa shape index (κ3) is 4.24. The van der Waals surface area contributed by atoms with E-state index in [9.17, 15) is 4.79 Å². The number of rotatable bonds is 7.